The normalized spacial score (nSPS) is 12.4. The molecule has 0 aromatic carbocycles. The third-order valence-corrected chi connectivity index (χ3v) is 2.11. The highest BCUT2D eigenvalue weighted by molar-refractivity contribution is 5.40. The van der Waals surface area contributed by atoms with Crippen LogP contribution in [0.15, 0.2) is 31.0 Å². The molecule has 0 saturated carbocycles. The summed E-state index contributed by atoms with van der Waals surface area (Å²) in [6, 6.07) is 0.128. The number of aromatic nitrogens is 4. The van der Waals surface area contributed by atoms with E-state index in [0.29, 0.717) is 0 Å². The lowest BCUT2D eigenvalue weighted by molar-refractivity contribution is 0.767. The van der Waals surface area contributed by atoms with E-state index in [1.807, 2.05) is 20.2 Å². The molecule has 0 aliphatic rings. The molecule has 1 N–H and O–H groups in total. The summed E-state index contributed by atoms with van der Waals surface area (Å²) in [5.74, 6) is 0. The number of rotatable bonds is 3. The molecule has 1 unspecified atom stereocenters. The molecule has 1 atom stereocenters. The Morgan fingerprint density at radius 2 is 2.20 bits per heavy atom. The summed E-state index contributed by atoms with van der Waals surface area (Å²) < 4.78 is 1.76. The molecule has 5 heteroatoms. The number of hydrogen-bond donors (Lipinski definition) is 1. The number of anilines is 1. The first-order chi connectivity index (χ1) is 7.25. The fraction of sp³-hybridized carbons (Fsp3) is 0.300. The molecule has 15 heavy (non-hydrogen) atoms. The van der Waals surface area contributed by atoms with Gasteiger partial charge in [0.1, 0.15) is 0 Å². The molecule has 0 saturated heterocycles. The zero-order valence-corrected chi connectivity index (χ0v) is 8.75. The molecule has 78 valence electrons. The molecule has 2 heterocycles. The highest BCUT2D eigenvalue weighted by Gasteiger charge is 2.06. The Morgan fingerprint density at radius 3 is 2.80 bits per heavy atom. The Balaban J connectivity index is 2.07. The van der Waals surface area contributed by atoms with E-state index in [4.69, 9.17) is 0 Å². The third-order valence-electron chi connectivity index (χ3n) is 2.11. The van der Waals surface area contributed by atoms with Crippen molar-refractivity contribution in [3.63, 3.8) is 0 Å². The van der Waals surface area contributed by atoms with Gasteiger partial charge in [-0.15, -0.1) is 0 Å². The Kier molecular flexibility index (Phi) is 2.62. The molecule has 0 spiro atoms. The minimum Gasteiger partial charge on any atom is -0.374 e. The summed E-state index contributed by atoms with van der Waals surface area (Å²) in [6.07, 6.45) is 8.82. The van der Waals surface area contributed by atoms with E-state index in [9.17, 15) is 0 Å². The van der Waals surface area contributed by atoms with Crippen molar-refractivity contribution >= 4 is 5.69 Å². The lowest BCUT2D eigenvalue weighted by Crippen LogP contribution is -2.08. The number of nitrogens with zero attached hydrogens (tertiary/aromatic N) is 4. The second-order valence-corrected chi connectivity index (χ2v) is 3.40. The van der Waals surface area contributed by atoms with Gasteiger partial charge in [-0.1, -0.05) is 0 Å². The summed E-state index contributed by atoms with van der Waals surface area (Å²) in [6.45, 7) is 2.04. The molecule has 5 nitrogen and oxygen atoms in total. The topological polar surface area (TPSA) is 55.6 Å². The summed E-state index contributed by atoms with van der Waals surface area (Å²) in [7, 11) is 1.89. The van der Waals surface area contributed by atoms with Crippen molar-refractivity contribution in [3.8, 4) is 0 Å². The van der Waals surface area contributed by atoms with Crippen molar-refractivity contribution in [2.75, 3.05) is 5.32 Å². The van der Waals surface area contributed by atoms with E-state index in [1.165, 1.54) is 0 Å². The molecule has 0 aliphatic carbocycles. The van der Waals surface area contributed by atoms with Gasteiger partial charge in [-0.25, -0.2) is 0 Å². The zero-order chi connectivity index (χ0) is 10.7. The molecule has 0 amide bonds. The first-order valence-electron chi connectivity index (χ1n) is 4.77. The van der Waals surface area contributed by atoms with Crippen LogP contribution in [0.1, 0.15) is 18.7 Å². The molecule has 0 bridgehead atoms. The van der Waals surface area contributed by atoms with Gasteiger partial charge in [0.05, 0.1) is 29.8 Å². The van der Waals surface area contributed by atoms with Crippen LogP contribution in [0.2, 0.25) is 0 Å². The summed E-state index contributed by atoms with van der Waals surface area (Å²) >= 11 is 0. The minimum atomic E-state index is 0.128. The van der Waals surface area contributed by atoms with Gasteiger partial charge in [-0.3, -0.25) is 14.6 Å². The first-order valence-corrected chi connectivity index (χ1v) is 4.77. The van der Waals surface area contributed by atoms with Crippen molar-refractivity contribution in [1.82, 2.24) is 19.7 Å². The molecule has 2 rings (SSSR count). The molecule has 0 radical (unpaired) electrons. The van der Waals surface area contributed by atoms with Gasteiger partial charge >= 0.3 is 0 Å². The Hall–Kier alpha value is -1.91. The van der Waals surface area contributed by atoms with Crippen LogP contribution in [0.25, 0.3) is 0 Å². The highest BCUT2D eigenvalue weighted by atomic mass is 15.3. The van der Waals surface area contributed by atoms with E-state index >= 15 is 0 Å². The summed E-state index contributed by atoms with van der Waals surface area (Å²) in [4.78, 5) is 8.26. The first kappa shape index (κ1) is 9.64. The van der Waals surface area contributed by atoms with Crippen LogP contribution in [0.4, 0.5) is 5.69 Å². The Morgan fingerprint density at radius 1 is 1.33 bits per heavy atom. The van der Waals surface area contributed by atoms with Gasteiger partial charge in [0, 0.05) is 25.6 Å². The number of nitrogens with one attached hydrogen (secondary N) is 1. The van der Waals surface area contributed by atoms with E-state index in [1.54, 1.807) is 29.5 Å². The van der Waals surface area contributed by atoms with Gasteiger partial charge < -0.3 is 5.32 Å². The summed E-state index contributed by atoms with van der Waals surface area (Å²) in [5, 5.41) is 7.37. The van der Waals surface area contributed by atoms with Gasteiger partial charge in [-0.2, -0.15) is 5.10 Å². The molecule has 0 fully saturated rings. The average molecular weight is 203 g/mol. The number of hydrogen-bond acceptors (Lipinski definition) is 4. The van der Waals surface area contributed by atoms with Gasteiger partial charge in [-0.05, 0) is 6.92 Å². The van der Waals surface area contributed by atoms with E-state index in [0.717, 1.165) is 11.4 Å². The predicted molar refractivity (Wildman–Crippen MR) is 57.3 cm³/mol. The van der Waals surface area contributed by atoms with E-state index < -0.39 is 0 Å². The SMILES string of the molecule is CC(Nc1cnn(C)c1)c1cnccn1. The van der Waals surface area contributed by atoms with Crippen molar-refractivity contribution in [2.24, 2.45) is 7.05 Å². The molecular weight excluding hydrogens is 190 g/mol. The second-order valence-electron chi connectivity index (χ2n) is 3.40. The van der Waals surface area contributed by atoms with Crippen LogP contribution in [0.3, 0.4) is 0 Å². The van der Waals surface area contributed by atoms with E-state index in [2.05, 4.69) is 20.4 Å². The lowest BCUT2D eigenvalue weighted by atomic mass is 10.2. The fourth-order valence-electron chi connectivity index (χ4n) is 1.35. The summed E-state index contributed by atoms with van der Waals surface area (Å²) in [5.41, 5.74) is 1.90. The van der Waals surface area contributed by atoms with Crippen molar-refractivity contribution < 1.29 is 0 Å². The zero-order valence-electron chi connectivity index (χ0n) is 8.75. The van der Waals surface area contributed by atoms with Gasteiger partial charge in [0.15, 0.2) is 0 Å². The largest absolute Gasteiger partial charge is 0.374 e. The molecular formula is C10H13N5. The van der Waals surface area contributed by atoms with Crippen molar-refractivity contribution in [3.05, 3.63) is 36.7 Å². The second kappa shape index (κ2) is 4.08. The quantitative estimate of drug-likeness (QED) is 0.818. The van der Waals surface area contributed by atoms with E-state index in [-0.39, 0.29) is 6.04 Å². The van der Waals surface area contributed by atoms with Crippen molar-refractivity contribution in [2.45, 2.75) is 13.0 Å². The Labute approximate surface area is 88.2 Å². The lowest BCUT2D eigenvalue weighted by Gasteiger charge is -2.11. The third kappa shape index (κ3) is 2.31. The molecule has 2 aromatic rings. The minimum absolute atomic E-state index is 0.128. The van der Waals surface area contributed by atoms with Crippen LogP contribution >= 0.6 is 0 Å². The highest BCUT2D eigenvalue weighted by Crippen LogP contribution is 2.15. The molecule has 0 aliphatic heterocycles. The number of aryl methyl sites for hydroxylation is 1. The van der Waals surface area contributed by atoms with Crippen molar-refractivity contribution in [1.29, 1.82) is 0 Å². The fourth-order valence-corrected chi connectivity index (χ4v) is 1.35. The van der Waals surface area contributed by atoms with Gasteiger partial charge in [0.25, 0.3) is 0 Å². The van der Waals surface area contributed by atoms with Crippen LogP contribution in [0.5, 0.6) is 0 Å². The predicted octanol–water partition coefficient (Wildman–Crippen LogP) is 1.38. The maximum Gasteiger partial charge on any atom is 0.0806 e. The monoisotopic (exact) mass is 203 g/mol. The maximum atomic E-state index is 4.23. The molecule has 2 aromatic heterocycles. The smallest absolute Gasteiger partial charge is 0.0806 e. The van der Waals surface area contributed by atoms with Crippen LogP contribution < -0.4 is 5.32 Å². The van der Waals surface area contributed by atoms with Gasteiger partial charge in [0.2, 0.25) is 0 Å². The van der Waals surface area contributed by atoms with Crippen LogP contribution in [-0.4, -0.2) is 19.7 Å². The standard InChI is InChI=1S/C10H13N5/c1-8(10-6-11-3-4-12-10)14-9-5-13-15(2)7-9/h3-8,14H,1-2H3. The van der Waals surface area contributed by atoms with Crippen LogP contribution in [0, 0.1) is 0 Å². The van der Waals surface area contributed by atoms with Crippen LogP contribution in [-0.2, 0) is 7.05 Å². The Bertz CT molecular complexity index is 422. The maximum absolute atomic E-state index is 4.23. The average Bonchev–Trinajstić information content (AvgIpc) is 2.65.